The summed E-state index contributed by atoms with van der Waals surface area (Å²) in [6.45, 7) is 0.172. The van der Waals surface area contributed by atoms with E-state index in [4.69, 9.17) is 10.8 Å². The van der Waals surface area contributed by atoms with Gasteiger partial charge in [-0.15, -0.1) is 0 Å². The van der Waals surface area contributed by atoms with Gasteiger partial charge in [-0.1, -0.05) is 61.4 Å². The third kappa shape index (κ3) is 4.41. The second-order valence-corrected chi connectivity index (χ2v) is 6.29. The maximum atomic E-state index is 13.8. The molecule has 0 bridgehead atoms. The maximum absolute atomic E-state index is 13.8. The van der Waals surface area contributed by atoms with E-state index in [2.05, 4.69) is 0 Å². The summed E-state index contributed by atoms with van der Waals surface area (Å²) >= 11 is 0. The quantitative estimate of drug-likeness (QED) is 0.808. The third-order valence-electron chi connectivity index (χ3n) is 4.74. The molecule has 0 aromatic heterocycles. The topological polar surface area (TPSA) is 66.5 Å². The lowest BCUT2D eigenvalue weighted by Gasteiger charge is -2.41. The van der Waals surface area contributed by atoms with Crippen molar-refractivity contribution in [1.82, 2.24) is 0 Å². The summed E-state index contributed by atoms with van der Waals surface area (Å²) in [6, 6.07) is 16.2. The number of nitrogens with two attached hydrogens (primary N) is 1. The second-order valence-electron chi connectivity index (χ2n) is 6.29. The monoisotopic (exact) mass is 331 g/mol. The van der Waals surface area contributed by atoms with Crippen LogP contribution in [0.3, 0.4) is 0 Å². The molecule has 1 fully saturated rings. The van der Waals surface area contributed by atoms with Crippen LogP contribution in [-0.2, 0) is 12.1 Å². The van der Waals surface area contributed by atoms with Crippen LogP contribution >= 0.6 is 0 Å². The average Bonchev–Trinajstić information content (AvgIpc) is 2.63. The Hall–Kier alpha value is -1.75. The van der Waals surface area contributed by atoms with Crippen molar-refractivity contribution in [2.24, 2.45) is 11.7 Å². The minimum absolute atomic E-state index is 0.0295. The SMILES string of the molecule is NC1(c2ccccc2F)CCCCC1CO.OCc1ccccc1. The Kier molecular flexibility index (Phi) is 6.91. The van der Waals surface area contributed by atoms with Gasteiger partial charge in [0.2, 0.25) is 0 Å². The van der Waals surface area contributed by atoms with E-state index in [1.54, 1.807) is 18.2 Å². The highest BCUT2D eigenvalue weighted by Gasteiger charge is 2.39. The summed E-state index contributed by atoms with van der Waals surface area (Å²) in [5.41, 5.74) is 7.15. The van der Waals surface area contributed by atoms with Gasteiger partial charge >= 0.3 is 0 Å². The molecule has 3 rings (SSSR count). The van der Waals surface area contributed by atoms with Gasteiger partial charge in [0.15, 0.2) is 0 Å². The van der Waals surface area contributed by atoms with E-state index in [0.29, 0.717) is 5.56 Å². The molecule has 4 heteroatoms. The highest BCUT2D eigenvalue weighted by atomic mass is 19.1. The number of hydrogen-bond donors (Lipinski definition) is 3. The number of benzene rings is 2. The van der Waals surface area contributed by atoms with Crippen molar-refractivity contribution in [2.75, 3.05) is 6.61 Å². The van der Waals surface area contributed by atoms with Crippen LogP contribution in [0.1, 0.15) is 36.8 Å². The Bertz CT molecular complexity index is 620. The Morgan fingerprint density at radius 3 is 2.25 bits per heavy atom. The summed E-state index contributed by atoms with van der Waals surface area (Å²) in [4.78, 5) is 0. The van der Waals surface area contributed by atoms with Crippen LogP contribution in [0.25, 0.3) is 0 Å². The summed E-state index contributed by atoms with van der Waals surface area (Å²) in [5, 5.41) is 17.9. The molecule has 2 atom stereocenters. The van der Waals surface area contributed by atoms with Crippen LogP contribution in [0.5, 0.6) is 0 Å². The largest absolute Gasteiger partial charge is 0.396 e. The van der Waals surface area contributed by atoms with Crippen LogP contribution in [0, 0.1) is 11.7 Å². The molecule has 24 heavy (non-hydrogen) atoms. The van der Waals surface area contributed by atoms with E-state index in [-0.39, 0.29) is 24.9 Å². The highest BCUT2D eigenvalue weighted by molar-refractivity contribution is 5.27. The summed E-state index contributed by atoms with van der Waals surface area (Å²) < 4.78 is 13.8. The van der Waals surface area contributed by atoms with Crippen molar-refractivity contribution < 1.29 is 14.6 Å². The molecular formula is C20H26FNO2. The fourth-order valence-electron chi connectivity index (χ4n) is 3.30. The Labute approximate surface area is 143 Å². The Morgan fingerprint density at radius 2 is 1.67 bits per heavy atom. The second kappa shape index (κ2) is 8.92. The summed E-state index contributed by atoms with van der Waals surface area (Å²) in [7, 11) is 0. The molecule has 1 saturated carbocycles. The van der Waals surface area contributed by atoms with Crippen LogP contribution in [0.4, 0.5) is 4.39 Å². The van der Waals surface area contributed by atoms with Gasteiger partial charge in [0.25, 0.3) is 0 Å². The molecule has 130 valence electrons. The van der Waals surface area contributed by atoms with Crippen LogP contribution in [-0.4, -0.2) is 16.8 Å². The van der Waals surface area contributed by atoms with E-state index in [9.17, 15) is 9.50 Å². The summed E-state index contributed by atoms with van der Waals surface area (Å²) in [6.07, 6.45) is 3.69. The number of aliphatic hydroxyl groups is 2. The number of halogens is 1. The standard InChI is InChI=1S/C13H18FNO.C7H8O/c14-12-7-2-1-6-11(12)13(15)8-4-3-5-10(13)9-16;8-6-7-4-2-1-3-5-7/h1-2,6-7,10,16H,3-5,8-9,15H2;1-5,8H,6H2. The first-order chi connectivity index (χ1) is 11.6. The van der Waals surface area contributed by atoms with Crippen LogP contribution < -0.4 is 5.73 Å². The molecule has 2 aromatic rings. The first-order valence-electron chi connectivity index (χ1n) is 8.41. The van der Waals surface area contributed by atoms with Crippen molar-refractivity contribution in [2.45, 2.75) is 37.8 Å². The molecule has 1 aliphatic rings. The van der Waals surface area contributed by atoms with Crippen molar-refractivity contribution in [3.05, 3.63) is 71.5 Å². The van der Waals surface area contributed by atoms with E-state index in [1.165, 1.54) is 6.07 Å². The molecule has 0 heterocycles. The lowest BCUT2D eigenvalue weighted by atomic mass is 9.69. The zero-order chi connectivity index (χ0) is 17.4. The molecule has 0 spiro atoms. The van der Waals surface area contributed by atoms with Crippen LogP contribution in [0.15, 0.2) is 54.6 Å². The zero-order valence-electron chi connectivity index (χ0n) is 13.9. The molecule has 0 aliphatic heterocycles. The van der Waals surface area contributed by atoms with Crippen molar-refractivity contribution in [3.8, 4) is 0 Å². The van der Waals surface area contributed by atoms with Gasteiger partial charge in [0.1, 0.15) is 5.82 Å². The van der Waals surface area contributed by atoms with Gasteiger partial charge in [-0.25, -0.2) is 4.39 Å². The van der Waals surface area contributed by atoms with E-state index in [1.807, 2.05) is 30.3 Å². The van der Waals surface area contributed by atoms with Gasteiger partial charge in [0.05, 0.1) is 6.61 Å². The first kappa shape index (κ1) is 18.6. The van der Waals surface area contributed by atoms with E-state index < -0.39 is 5.54 Å². The van der Waals surface area contributed by atoms with Crippen molar-refractivity contribution in [1.29, 1.82) is 0 Å². The normalized spacial score (nSPS) is 23.2. The predicted molar refractivity (Wildman–Crippen MR) is 93.7 cm³/mol. The number of aliphatic hydroxyl groups excluding tert-OH is 2. The fourth-order valence-corrected chi connectivity index (χ4v) is 3.30. The molecule has 0 saturated heterocycles. The van der Waals surface area contributed by atoms with Gasteiger partial charge in [0, 0.05) is 23.6 Å². The molecule has 2 aromatic carbocycles. The molecule has 1 aliphatic carbocycles. The highest BCUT2D eigenvalue weighted by Crippen LogP contribution is 2.40. The molecule has 4 N–H and O–H groups in total. The van der Waals surface area contributed by atoms with Crippen LogP contribution in [0.2, 0.25) is 0 Å². The molecule has 2 unspecified atom stereocenters. The zero-order valence-corrected chi connectivity index (χ0v) is 13.9. The minimum atomic E-state index is -0.696. The number of hydrogen-bond acceptors (Lipinski definition) is 3. The third-order valence-corrected chi connectivity index (χ3v) is 4.74. The number of rotatable bonds is 3. The van der Waals surface area contributed by atoms with Gasteiger partial charge in [-0.2, -0.15) is 0 Å². The van der Waals surface area contributed by atoms with E-state index >= 15 is 0 Å². The van der Waals surface area contributed by atoms with Crippen molar-refractivity contribution >= 4 is 0 Å². The Balaban J connectivity index is 0.000000219. The van der Waals surface area contributed by atoms with Crippen molar-refractivity contribution in [3.63, 3.8) is 0 Å². The van der Waals surface area contributed by atoms with Gasteiger partial charge < -0.3 is 15.9 Å². The molecular weight excluding hydrogens is 305 g/mol. The summed E-state index contributed by atoms with van der Waals surface area (Å²) in [5.74, 6) is -0.288. The molecule has 0 radical (unpaired) electrons. The minimum Gasteiger partial charge on any atom is -0.396 e. The average molecular weight is 331 g/mol. The predicted octanol–water partition coefficient (Wildman–Crippen LogP) is 3.34. The molecule has 0 amide bonds. The molecule has 3 nitrogen and oxygen atoms in total. The Morgan fingerprint density at radius 1 is 1.00 bits per heavy atom. The smallest absolute Gasteiger partial charge is 0.128 e. The van der Waals surface area contributed by atoms with Gasteiger partial charge in [-0.3, -0.25) is 0 Å². The lowest BCUT2D eigenvalue weighted by Crippen LogP contribution is -2.48. The van der Waals surface area contributed by atoms with Gasteiger partial charge in [-0.05, 0) is 24.5 Å². The lowest BCUT2D eigenvalue weighted by molar-refractivity contribution is 0.105. The first-order valence-corrected chi connectivity index (χ1v) is 8.41. The maximum Gasteiger partial charge on any atom is 0.128 e. The fraction of sp³-hybridized carbons (Fsp3) is 0.400. The van der Waals surface area contributed by atoms with E-state index in [0.717, 1.165) is 31.2 Å².